The van der Waals surface area contributed by atoms with Gasteiger partial charge in [0.15, 0.2) is 5.96 Å². The molecule has 5 N–H and O–H groups in total. The summed E-state index contributed by atoms with van der Waals surface area (Å²) < 4.78 is 42.5. The Morgan fingerprint density at radius 1 is 1.26 bits per heavy atom. The molecule has 0 aromatic heterocycles. The first kappa shape index (κ1) is 26.1. The van der Waals surface area contributed by atoms with E-state index in [-0.39, 0.29) is 11.9 Å². The Bertz CT molecular complexity index is 765. The Morgan fingerprint density at radius 2 is 1.94 bits per heavy atom. The van der Waals surface area contributed by atoms with E-state index in [0.29, 0.717) is 32.1 Å². The minimum absolute atomic E-state index is 0.0910. The van der Waals surface area contributed by atoms with Gasteiger partial charge in [-0.3, -0.25) is 9.79 Å². The van der Waals surface area contributed by atoms with Gasteiger partial charge in [0, 0.05) is 19.4 Å². The average molecular weight is 447 g/mol. The number of guanidine groups is 1. The van der Waals surface area contributed by atoms with Crippen LogP contribution in [-0.4, -0.2) is 48.9 Å². The molecule has 0 spiro atoms. The van der Waals surface area contributed by atoms with Crippen LogP contribution < -0.4 is 16.2 Å². The molecule has 11 heteroatoms. The number of aliphatic carboxylic acids is 1. The first-order chi connectivity index (χ1) is 14.5. The Balaban J connectivity index is 0.000000592. The maximum absolute atomic E-state index is 11.6. The van der Waals surface area contributed by atoms with E-state index < -0.39 is 12.1 Å². The molecule has 2 rings (SSSR count). The number of carbonyl (C=O) groups is 2. The number of ether oxygens (including phenoxy) is 2. The van der Waals surface area contributed by atoms with E-state index in [1.54, 1.807) is 0 Å². The maximum atomic E-state index is 11.6. The van der Waals surface area contributed by atoms with Crippen molar-refractivity contribution in [2.24, 2.45) is 22.4 Å². The van der Waals surface area contributed by atoms with Crippen LogP contribution >= 0.6 is 0 Å². The van der Waals surface area contributed by atoms with E-state index in [9.17, 15) is 18.0 Å². The third kappa shape index (κ3) is 10.6. The number of carboxylic acids is 1. The molecule has 31 heavy (non-hydrogen) atoms. The molecular weight excluding hydrogens is 419 g/mol. The van der Waals surface area contributed by atoms with E-state index in [1.165, 1.54) is 11.1 Å². The van der Waals surface area contributed by atoms with Crippen molar-refractivity contribution in [3.63, 3.8) is 0 Å². The zero-order valence-corrected chi connectivity index (χ0v) is 17.3. The molecule has 0 radical (unpaired) electrons. The van der Waals surface area contributed by atoms with Crippen LogP contribution in [0.2, 0.25) is 0 Å². The van der Waals surface area contributed by atoms with Crippen molar-refractivity contribution >= 4 is 17.9 Å². The molecule has 0 aliphatic heterocycles. The number of aryl methyl sites for hydroxylation is 1. The highest BCUT2D eigenvalue weighted by Gasteiger charge is 2.38. The van der Waals surface area contributed by atoms with Gasteiger partial charge < -0.3 is 26.0 Å². The number of esters is 1. The van der Waals surface area contributed by atoms with Crippen LogP contribution in [0.25, 0.3) is 0 Å². The highest BCUT2D eigenvalue weighted by Crippen LogP contribution is 2.30. The number of fused-ring (bicyclic) bond motifs is 1. The summed E-state index contributed by atoms with van der Waals surface area (Å²) in [6.07, 6.45) is -0.879. The van der Waals surface area contributed by atoms with Gasteiger partial charge in [0.2, 0.25) is 0 Å². The van der Waals surface area contributed by atoms with Gasteiger partial charge in [-0.2, -0.15) is 13.2 Å². The number of nitrogens with two attached hydrogens (primary N) is 2. The van der Waals surface area contributed by atoms with Gasteiger partial charge in [-0.25, -0.2) is 4.79 Å². The normalized spacial score (nSPS) is 15.0. The van der Waals surface area contributed by atoms with Crippen molar-refractivity contribution in [3.8, 4) is 5.75 Å². The quantitative estimate of drug-likeness (QED) is 0.241. The lowest BCUT2D eigenvalue weighted by atomic mass is 9.82. The molecule has 0 saturated carbocycles. The van der Waals surface area contributed by atoms with Crippen molar-refractivity contribution in [2.75, 3.05) is 19.8 Å². The zero-order chi connectivity index (χ0) is 23.4. The van der Waals surface area contributed by atoms with Crippen LogP contribution in [0.1, 0.15) is 37.3 Å². The standard InChI is InChI=1S/C18H27N3O3.C2HF3O2/c1-2-23-17(22)11-13-4-5-15-12-16(7-6-14(15)10-13)24-9-3-8-21-18(19)20;3-2(4,5)1(6)7/h6-7,12-13H,2-5,8-11H2,1H3,(H4,19,20,21);(H,6,7). The summed E-state index contributed by atoms with van der Waals surface area (Å²) in [5.74, 6) is -1.48. The number of carboxylic acid groups (broad SMARTS) is 1. The average Bonchev–Trinajstić information content (AvgIpc) is 2.67. The molecule has 1 atom stereocenters. The number of benzene rings is 1. The van der Waals surface area contributed by atoms with E-state index in [1.807, 2.05) is 13.0 Å². The maximum Gasteiger partial charge on any atom is 0.490 e. The summed E-state index contributed by atoms with van der Waals surface area (Å²) in [5.41, 5.74) is 13.2. The first-order valence-electron chi connectivity index (χ1n) is 9.78. The molecule has 1 aliphatic carbocycles. The lowest BCUT2D eigenvalue weighted by molar-refractivity contribution is -0.192. The third-order valence-electron chi connectivity index (χ3n) is 4.38. The van der Waals surface area contributed by atoms with Crippen molar-refractivity contribution < 1.29 is 37.3 Å². The van der Waals surface area contributed by atoms with Gasteiger partial charge in [-0.05, 0) is 55.4 Å². The Hall–Kier alpha value is -2.98. The van der Waals surface area contributed by atoms with Crippen molar-refractivity contribution in [1.29, 1.82) is 0 Å². The van der Waals surface area contributed by atoms with Crippen molar-refractivity contribution in [2.45, 2.75) is 45.2 Å². The van der Waals surface area contributed by atoms with Crippen molar-refractivity contribution in [3.05, 3.63) is 29.3 Å². The molecule has 1 aliphatic rings. The highest BCUT2D eigenvalue weighted by molar-refractivity contribution is 5.75. The lowest BCUT2D eigenvalue weighted by Gasteiger charge is -2.24. The predicted octanol–water partition coefficient (Wildman–Crippen LogP) is 2.42. The largest absolute Gasteiger partial charge is 0.494 e. The van der Waals surface area contributed by atoms with Gasteiger partial charge in [0.25, 0.3) is 0 Å². The number of nitrogens with zero attached hydrogens (tertiary/aromatic N) is 1. The number of hydrogen-bond acceptors (Lipinski definition) is 5. The predicted molar refractivity (Wildman–Crippen MR) is 108 cm³/mol. The molecule has 0 fully saturated rings. The Morgan fingerprint density at radius 3 is 2.52 bits per heavy atom. The van der Waals surface area contributed by atoms with E-state index in [0.717, 1.165) is 31.4 Å². The van der Waals surface area contributed by atoms with Gasteiger partial charge in [0.05, 0.1) is 13.2 Å². The fraction of sp³-hybridized carbons (Fsp3) is 0.550. The van der Waals surface area contributed by atoms with Gasteiger partial charge >= 0.3 is 18.1 Å². The summed E-state index contributed by atoms with van der Waals surface area (Å²) in [5, 5.41) is 7.12. The van der Waals surface area contributed by atoms with Crippen LogP contribution in [0, 0.1) is 5.92 Å². The number of rotatable bonds is 8. The fourth-order valence-electron chi connectivity index (χ4n) is 2.99. The minimum Gasteiger partial charge on any atom is -0.494 e. The third-order valence-corrected chi connectivity index (χ3v) is 4.38. The van der Waals surface area contributed by atoms with E-state index in [2.05, 4.69) is 17.1 Å². The summed E-state index contributed by atoms with van der Waals surface area (Å²) in [6, 6.07) is 6.21. The molecule has 174 valence electrons. The van der Waals surface area contributed by atoms with Gasteiger partial charge in [-0.15, -0.1) is 0 Å². The Labute approximate surface area is 178 Å². The topological polar surface area (TPSA) is 137 Å². The van der Waals surface area contributed by atoms with Crippen LogP contribution in [0.5, 0.6) is 5.75 Å². The smallest absolute Gasteiger partial charge is 0.490 e. The minimum atomic E-state index is -5.08. The summed E-state index contributed by atoms with van der Waals surface area (Å²) >= 11 is 0. The van der Waals surface area contributed by atoms with Crippen molar-refractivity contribution in [1.82, 2.24) is 0 Å². The number of carbonyl (C=O) groups excluding carboxylic acids is 1. The number of halogens is 3. The molecule has 0 heterocycles. The molecule has 0 saturated heterocycles. The molecule has 0 bridgehead atoms. The first-order valence-corrected chi connectivity index (χ1v) is 9.78. The number of aliphatic imine (C=N–C) groups is 1. The van der Waals surface area contributed by atoms with Gasteiger partial charge in [0.1, 0.15) is 5.75 Å². The molecule has 1 aromatic rings. The fourth-order valence-corrected chi connectivity index (χ4v) is 2.99. The summed E-state index contributed by atoms with van der Waals surface area (Å²) in [7, 11) is 0. The molecule has 8 nitrogen and oxygen atoms in total. The second kappa shape index (κ2) is 12.7. The van der Waals surface area contributed by atoms with Crippen LogP contribution in [-0.2, 0) is 27.2 Å². The summed E-state index contributed by atoms with van der Waals surface area (Å²) in [4.78, 5) is 24.4. The summed E-state index contributed by atoms with van der Waals surface area (Å²) in [6.45, 7) is 3.45. The van der Waals surface area contributed by atoms with Crippen LogP contribution in [0.4, 0.5) is 13.2 Å². The SMILES string of the molecule is CCOC(=O)CC1CCc2cc(OCCCN=C(N)N)ccc2C1.O=C(O)C(F)(F)F. The lowest BCUT2D eigenvalue weighted by Crippen LogP contribution is -2.23. The van der Waals surface area contributed by atoms with E-state index >= 15 is 0 Å². The monoisotopic (exact) mass is 447 g/mol. The van der Waals surface area contributed by atoms with Crippen LogP contribution in [0.15, 0.2) is 23.2 Å². The molecular formula is C20H28F3N3O5. The second-order valence-electron chi connectivity index (χ2n) is 6.86. The van der Waals surface area contributed by atoms with E-state index in [4.69, 9.17) is 30.8 Å². The number of hydrogen-bond donors (Lipinski definition) is 3. The second-order valence-corrected chi connectivity index (χ2v) is 6.86. The molecule has 1 aromatic carbocycles. The zero-order valence-electron chi connectivity index (χ0n) is 17.3. The molecule has 1 unspecified atom stereocenters. The van der Waals surface area contributed by atoms with Crippen LogP contribution in [0.3, 0.4) is 0 Å². The number of alkyl halides is 3. The van der Waals surface area contributed by atoms with Gasteiger partial charge in [-0.1, -0.05) is 6.07 Å². The molecule has 0 amide bonds. The highest BCUT2D eigenvalue weighted by atomic mass is 19.4. The Kier molecular flexibility index (Phi) is 10.6.